The van der Waals surface area contributed by atoms with Crippen LogP contribution in [0.3, 0.4) is 0 Å². The number of nitrogens with zero attached hydrogens (tertiary/aromatic N) is 3. The molecule has 1 aromatic carbocycles. The van der Waals surface area contributed by atoms with Crippen molar-refractivity contribution in [1.82, 2.24) is 14.9 Å². The average Bonchev–Trinajstić information content (AvgIpc) is 2.45. The average molecular weight is 294 g/mol. The Labute approximate surface area is 119 Å². The van der Waals surface area contributed by atoms with Crippen LogP contribution in [-0.4, -0.2) is 21.1 Å². The van der Waals surface area contributed by atoms with Gasteiger partial charge in [0.2, 0.25) is 5.16 Å². The van der Waals surface area contributed by atoms with Crippen molar-refractivity contribution in [2.45, 2.75) is 16.7 Å². The highest BCUT2D eigenvalue weighted by Crippen LogP contribution is 2.15. The van der Waals surface area contributed by atoms with Gasteiger partial charge in [-0.05, 0) is 11.8 Å². The molecule has 7 heteroatoms. The van der Waals surface area contributed by atoms with E-state index in [2.05, 4.69) is 22.3 Å². The summed E-state index contributed by atoms with van der Waals surface area (Å²) in [5.41, 5.74) is 1.33. The second-order valence-corrected chi connectivity index (χ2v) is 5.55. The van der Waals surface area contributed by atoms with Crippen molar-refractivity contribution in [3.8, 4) is 0 Å². The smallest absolute Gasteiger partial charge is 0.295 e. The van der Waals surface area contributed by atoms with Gasteiger partial charge in [-0.3, -0.25) is 4.79 Å². The van der Waals surface area contributed by atoms with Crippen LogP contribution in [0.25, 0.3) is 0 Å². The highest BCUT2D eigenvalue weighted by atomic mass is 32.2. The van der Waals surface area contributed by atoms with Crippen molar-refractivity contribution in [3.05, 3.63) is 51.9 Å². The molecule has 0 atom stereocenters. The lowest BCUT2D eigenvalue weighted by atomic mass is 10.2. The molecule has 2 aromatic rings. The van der Waals surface area contributed by atoms with Crippen molar-refractivity contribution in [3.63, 3.8) is 0 Å². The Kier molecular flexibility index (Phi) is 4.86. The van der Waals surface area contributed by atoms with Crippen LogP contribution in [0.4, 0.5) is 0 Å². The molecular formula is C12H14N4OS2. The van der Waals surface area contributed by atoms with Gasteiger partial charge in [0.25, 0.3) is 5.56 Å². The van der Waals surface area contributed by atoms with Crippen LogP contribution in [0.1, 0.15) is 11.3 Å². The first-order valence-corrected chi connectivity index (χ1v) is 7.99. The van der Waals surface area contributed by atoms with Crippen LogP contribution in [0.5, 0.6) is 0 Å². The number of benzene rings is 1. The molecule has 2 rings (SSSR count). The number of thioether (sulfide) groups is 2. The Hall–Kier alpha value is -1.47. The summed E-state index contributed by atoms with van der Waals surface area (Å²) in [4.78, 5) is 11.9. The van der Waals surface area contributed by atoms with Gasteiger partial charge >= 0.3 is 0 Å². The second-order valence-electron chi connectivity index (χ2n) is 3.79. The summed E-state index contributed by atoms with van der Waals surface area (Å²) in [6.45, 7) is 0. The fourth-order valence-corrected chi connectivity index (χ4v) is 2.80. The molecule has 0 aliphatic rings. The molecule has 0 bridgehead atoms. The number of hydrogen-bond acceptors (Lipinski definition) is 6. The molecule has 0 unspecified atom stereocenters. The lowest BCUT2D eigenvalue weighted by Crippen LogP contribution is -2.33. The highest BCUT2D eigenvalue weighted by Gasteiger charge is 2.09. The summed E-state index contributed by atoms with van der Waals surface area (Å²) >= 11 is 2.91. The molecule has 2 N–H and O–H groups in total. The summed E-state index contributed by atoms with van der Waals surface area (Å²) in [6, 6.07) is 10.1. The predicted octanol–water partition coefficient (Wildman–Crippen LogP) is 1.51. The number of rotatable bonds is 5. The van der Waals surface area contributed by atoms with E-state index in [-0.39, 0.29) is 5.56 Å². The molecule has 1 aromatic heterocycles. The van der Waals surface area contributed by atoms with Crippen molar-refractivity contribution >= 4 is 23.5 Å². The molecule has 0 aliphatic heterocycles. The second kappa shape index (κ2) is 6.63. The molecule has 5 nitrogen and oxygen atoms in total. The first kappa shape index (κ1) is 14.0. The lowest BCUT2D eigenvalue weighted by molar-refractivity contribution is 0.680. The van der Waals surface area contributed by atoms with E-state index in [4.69, 9.17) is 5.84 Å². The Morgan fingerprint density at radius 1 is 1.21 bits per heavy atom. The number of hydrogen-bond donors (Lipinski definition) is 1. The molecule has 100 valence electrons. The summed E-state index contributed by atoms with van der Waals surface area (Å²) < 4.78 is 1.05. The fraction of sp³-hybridized carbons (Fsp3) is 0.250. The van der Waals surface area contributed by atoms with Gasteiger partial charge in [0.05, 0.1) is 0 Å². The fourth-order valence-electron chi connectivity index (χ4n) is 1.49. The maximum Gasteiger partial charge on any atom is 0.295 e. The monoisotopic (exact) mass is 294 g/mol. The maximum atomic E-state index is 11.9. The van der Waals surface area contributed by atoms with E-state index in [1.54, 1.807) is 18.0 Å². The van der Waals surface area contributed by atoms with Crippen molar-refractivity contribution in [2.24, 2.45) is 0 Å². The highest BCUT2D eigenvalue weighted by molar-refractivity contribution is 7.98. The van der Waals surface area contributed by atoms with E-state index in [0.717, 1.165) is 10.4 Å². The summed E-state index contributed by atoms with van der Waals surface area (Å²) in [5.74, 6) is 6.99. The molecule has 19 heavy (non-hydrogen) atoms. The zero-order valence-corrected chi connectivity index (χ0v) is 12.1. The maximum absolute atomic E-state index is 11.9. The van der Waals surface area contributed by atoms with E-state index >= 15 is 0 Å². The minimum absolute atomic E-state index is 0.278. The third kappa shape index (κ3) is 3.51. The largest absolute Gasteiger partial charge is 0.334 e. The Balaban J connectivity index is 2.01. The van der Waals surface area contributed by atoms with E-state index in [1.807, 2.05) is 18.2 Å². The molecule has 0 saturated carbocycles. The Morgan fingerprint density at radius 3 is 2.63 bits per heavy atom. The summed E-state index contributed by atoms with van der Waals surface area (Å²) in [7, 11) is 0. The molecule has 0 aliphatic carbocycles. The molecule has 0 radical (unpaired) electrons. The SMILES string of the molecule is CSc1nnc(CSCc2ccccc2)c(=O)n1N. The van der Waals surface area contributed by atoms with Gasteiger partial charge in [-0.25, -0.2) is 0 Å². The van der Waals surface area contributed by atoms with E-state index < -0.39 is 0 Å². The Bertz CT molecular complexity index is 600. The minimum atomic E-state index is -0.278. The van der Waals surface area contributed by atoms with E-state index in [9.17, 15) is 4.79 Å². The number of aromatic nitrogens is 3. The minimum Gasteiger partial charge on any atom is -0.334 e. The molecule has 0 amide bonds. The van der Waals surface area contributed by atoms with Gasteiger partial charge in [0.1, 0.15) is 5.69 Å². The van der Waals surface area contributed by atoms with Gasteiger partial charge in [0.15, 0.2) is 0 Å². The van der Waals surface area contributed by atoms with Crippen molar-refractivity contribution in [2.75, 3.05) is 12.1 Å². The summed E-state index contributed by atoms with van der Waals surface area (Å²) in [5, 5.41) is 8.28. The molecule has 0 spiro atoms. The summed E-state index contributed by atoms with van der Waals surface area (Å²) in [6.07, 6.45) is 1.80. The van der Waals surface area contributed by atoms with Crippen LogP contribution >= 0.6 is 23.5 Å². The molecule has 1 heterocycles. The van der Waals surface area contributed by atoms with Gasteiger partial charge < -0.3 is 5.84 Å². The van der Waals surface area contributed by atoms with Gasteiger partial charge in [-0.15, -0.1) is 10.2 Å². The first-order valence-electron chi connectivity index (χ1n) is 5.61. The van der Waals surface area contributed by atoms with Crippen LogP contribution in [0, 0.1) is 0 Å². The number of nitrogens with two attached hydrogens (primary N) is 1. The van der Waals surface area contributed by atoms with Crippen molar-refractivity contribution < 1.29 is 0 Å². The van der Waals surface area contributed by atoms with Gasteiger partial charge in [-0.2, -0.15) is 16.4 Å². The first-order chi connectivity index (χ1) is 9.22. The molecule has 0 saturated heterocycles. The normalized spacial score (nSPS) is 10.6. The van der Waals surface area contributed by atoms with E-state index in [1.165, 1.54) is 17.3 Å². The van der Waals surface area contributed by atoms with E-state index in [0.29, 0.717) is 16.6 Å². The Morgan fingerprint density at radius 2 is 1.95 bits per heavy atom. The van der Waals surface area contributed by atoms with Crippen molar-refractivity contribution in [1.29, 1.82) is 0 Å². The van der Waals surface area contributed by atoms with Crippen LogP contribution in [0.15, 0.2) is 40.3 Å². The van der Waals surface area contributed by atoms with Gasteiger partial charge in [-0.1, -0.05) is 42.1 Å². The molecular weight excluding hydrogens is 280 g/mol. The third-order valence-corrected chi connectivity index (χ3v) is 4.12. The predicted molar refractivity (Wildman–Crippen MR) is 79.7 cm³/mol. The topological polar surface area (TPSA) is 73.8 Å². The molecule has 0 fully saturated rings. The zero-order chi connectivity index (χ0) is 13.7. The zero-order valence-electron chi connectivity index (χ0n) is 10.4. The third-order valence-electron chi connectivity index (χ3n) is 2.46. The van der Waals surface area contributed by atoms with Gasteiger partial charge in [0, 0.05) is 11.5 Å². The van der Waals surface area contributed by atoms with Crippen LogP contribution in [0.2, 0.25) is 0 Å². The quantitative estimate of drug-likeness (QED) is 0.665. The standard InChI is InChI=1S/C12H14N4OS2/c1-18-12-15-14-10(11(17)16(12)13)8-19-7-9-5-3-2-4-6-9/h2-6H,7-8,13H2,1H3. The number of nitrogen functional groups attached to an aromatic ring is 1. The van der Waals surface area contributed by atoms with Crippen LogP contribution in [-0.2, 0) is 11.5 Å². The van der Waals surface area contributed by atoms with Crippen LogP contribution < -0.4 is 11.4 Å². The lowest BCUT2D eigenvalue weighted by Gasteiger charge is -2.05.